The summed E-state index contributed by atoms with van der Waals surface area (Å²) in [6, 6.07) is -2.47. The fourth-order valence-corrected chi connectivity index (χ4v) is 3.34. The number of carbonyl (C=O) groups excluding carboxylic acids is 2. The van der Waals surface area contributed by atoms with Crippen molar-refractivity contribution in [2.45, 2.75) is 24.9 Å². The molecule has 0 radical (unpaired) electrons. The van der Waals surface area contributed by atoms with E-state index in [0.29, 0.717) is 0 Å². The molecule has 2 amide bonds. The third-order valence-corrected chi connectivity index (χ3v) is 6.08. The average molecular weight is 532 g/mol. The molecule has 0 saturated heterocycles. The van der Waals surface area contributed by atoms with Crippen molar-refractivity contribution < 1.29 is 29.4 Å². The summed E-state index contributed by atoms with van der Waals surface area (Å²) in [7, 11) is 0. The minimum atomic E-state index is -1.29. The van der Waals surface area contributed by atoms with E-state index in [2.05, 4.69) is 10.6 Å². The monoisotopic (exact) mass is 529 g/mol. The molecule has 0 unspecified atom stereocenters. The van der Waals surface area contributed by atoms with E-state index in [1.165, 1.54) is 0 Å². The highest BCUT2D eigenvalue weighted by molar-refractivity contribution is 8.04. The Bertz CT molecular complexity index is 714. The zero-order valence-electron chi connectivity index (χ0n) is 14.4. The number of hydrogen-bond donors (Lipinski definition) is 5. The van der Waals surface area contributed by atoms with Crippen LogP contribution in [0.25, 0.3) is 0 Å². The number of allylic oxidation sites excluding steroid dienone is 2. The number of halogens is 5. The maximum Gasteiger partial charge on any atom is 0.322 e. The minimum Gasteiger partial charge on any atom is -0.480 e. The minimum absolute atomic E-state index is 0.0892. The number of nitrogens with two attached hydrogens (primary N) is 1. The van der Waals surface area contributed by atoms with Crippen molar-refractivity contribution in [1.29, 1.82) is 0 Å². The van der Waals surface area contributed by atoms with Gasteiger partial charge in [0.05, 0.1) is 14.4 Å². The van der Waals surface area contributed by atoms with Gasteiger partial charge in [0.1, 0.15) is 23.1 Å². The maximum atomic E-state index is 12.2. The first kappa shape index (κ1) is 28.1. The van der Waals surface area contributed by atoms with Gasteiger partial charge in [0, 0.05) is 12.2 Å². The van der Waals surface area contributed by atoms with Gasteiger partial charge >= 0.3 is 11.9 Å². The highest BCUT2D eigenvalue weighted by atomic mass is 35.5. The Balaban J connectivity index is 5.15. The van der Waals surface area contributed by atoms with E-state index in [4.69, 9.17) is 74.0 Å². The van der Waals surface area contributed by atoms with Crippen molar-refractivity contribution in [3.63, 3.8) is 0 Å². The molecular formula is C14H16Cl5N3O6S. The van der Waals surface area contributed by atoms with Crippen LogP contribution in [0.4, 0.5) is 0 Å². The molecule has 0 aromatic carbocycles. The second-order valence-corrected chi connectivity index (χ2v) is 8.53. The summed E-state index contributed by atoms with van der Waals surface area (Å²) < 4.78 is -0.428. The number of carboxylic acids is 2. The quantitative estimate of drug-likeness (QED) is 0.240. The van der Waals surface area contributed by atoms with E-state index in [1.807, 2.05) is 0 Å². The summed E-state index contributed by atoms with van der Waals surface area (Å²) in [6.07, 6.45) is -0.444. The predicted octanol–water partition coefficient (Wildman–Crippen LogP) is 2.13. The van der Waals surface area contributed by atoms with E-state index in [0.717, 1.165) is 11.8 Å². The lowest BCUT2D eigenvalue weighted by molar-refractivity contribution is -0.139. The van der Waals surface area contributed by atoms with E-state index in [-0.39, 0.29) is 37.5 Å². The lowest BCUT2D eigenvalue weighted by Crippen LogP contribution is -2.49. The normalized spacial score (nSPS) is 13.6. The Morgan fingerprint density at radius 3 is 2.07 bits per heavy atom. The van der Waals surface area contributed by atoms with Crippen LogP contribution in [0.2, 0.25) is 0 Å². The Hall–Kier alpha value is -0.880. The first-order valence-electron chi connectivity index (χ1n) is 7.53. The first-order chi connectivity index (χ1) is 13.4. The molecule has 0 aromatic rings. The molecule has 164 valence electrons. The standard InChI is InChI=1S/C14H16Cl5N3O6S/c15-9(11(17)18)10(16)12(19)29-4-6(13(26)21-3-8(24)25)22-7(23)2-1-5(20)14(27)28/h5-6H,1-4,20H2,(H,21,26)(H,22,23)(H,24,25)(H,27,28)/b12-10-/t5-,6-/m0/s1. The summed E-state index contributed by atoms with van der Waals surface area (Å²) in [5, 5.41) is 21.4. The number of nitrogens with one attached hydrogen (secondary N) is 2. The third-order valence-electron chi connectivity index (χ3n) is 2.97. The molecule has 6 N–H and O–H groups in total. The molecule has 15 heteroatoms. The lowest BCUT2D eigenvalue weighted by atomic mass is 10.1. The summed E-state index contributed by atoms with van der Waals surface area (Å²) in [4.78, 5) is 45.5. The van der Waals surface area contributed by atoms with E-state index < -0.39 is 42.4 Å². The second-order valence-electron chi connectivity index (χ2n) is 5.19. The number of hydrogen-bond acceptors (Lipinski definition) is 6. The molecule has 0 spiro atoms. The maximum absolute atomic E-state index is 12.2. The fraction of sp³-hybridized carbons (Fsp3) is 0.429. The van der Waals surface area contributed by atoms with E-state index >= 15 is 0 Å². The fourth-order valence-electron chi connectivity index (χ4n) is 1.53. The molecule has 0 aliphatic heterocycles. The van der Waals surface area contributed by atoms with Gasteiger partial charge in [0.25, 0.3) is 0 Å². The summed E-state index contributed by atoms with van der Waals surface area (Å²) in [5.74, 6) is -4.22. The van der Waals surface area contributed by atoms with Crippen molar-refractivity contribution in [3.8, 4) is 0 Å². The van der Waals surface area contributed by atoms with Gasteiger partial charge in [-0.15, -0.1) is 11.8 Å². The van der Waals surface area contributed by atoms with Gasteiger partial charge in [-0.25, -0.2) is 0 Å². The number of aliphatic carboxylic acids is 2. The highest BCUT2D eigenvalue weighted by Crippen LogP contribution is 2.36. The number of rotatable bonds is 12. The van der Waals surface area contributed by atoms with E-state index in [9.17, 15) is 19.2 Å². The van der Waals surface area contributed by atoms with Crippen molar-refractivity contribution in [2.24, 2.45) is 5.73 Å². The van der Waals surface area contributed by atoms with Crippen LogP contribution in [0.3, 0.4) is 0 Å². The van der Waals surface area contributed by atoms with Gasteiger partial charge in [-0.05, 0) is 6.42 Å². The molecule has 0 aliphatic rings. The number of thioether (sulfide) groups is 1. The van der Waals surface area contributed by atoms with Gasteiger partial charge in [-0.3, -0.25) is 19.2 Å². The largest absolute Gasteiger partial charge is 0.480 e. The molecule has 0 rings (SSSR count). The molecule has 29 heavy (non-hydrogen) atoms. The summed E-state index contributed by atoms with van der Waals surface area (Å²) >= 11 is 29.4. The van der Waals surface area contributed by atoms with Crippen molar-refractivity contribution in [2.75, 3.05) is 12.3 Å². The van der Waals surface area contributed by atoms with Gasteiger partial charge in [0.15, 0.2) is 0 Å². The molecular weight excluding hydrogens is 516 g/mol. The topological polar surface area (TPSA) is 159 Å². The van der Waals surface area contributed by atoms with Crippen LogP contribution >= 0.6 is 69.8 Å². The first-order valence-corrected chi connectivity index (χ1v) is 10.4. The van der Waals surface area contributed by atoms with Crippen molar-refractivity contribution in [3.05, 3.63) is 18.9 Å². The van der Waals surface area contributed by atoms with Crippen LogP contribution in [0.1, 0.15) is 12.8 Å². The molecule has 0 heterocycles. The van der Waals surface area contributed by atoms with Gasteiger partial charge < -0.3 is 26.6 Å². The Kier molecular flexibility index (Phi) is 13.8. The molecule has 0 bridgehead atoms. The predicted molar refractivity (Wildman–Crippen MR) is 113 cm³/mol. The third kappa shape index (κ3) is 11.8. The smallest absolute Gasteiger partial charge is 0.322 e. The molecule has 2 atom stereocenters. The molecule has 0 fully saturated rings. The molecule has 0 aliphatic carbocycles. The van der Waals surface area contributed by atoms with Gasteiger partial charge in [0.2, 0.25) is 11.8 Å². The Morgan fingerprint density at radius 2 is 1.59 bits per heavy atom. The second kappa shape index (κ2) is 14.2. The lowest BCUT2D eigenvalue weighted by Gasteiger charge is -2.18. The van der Waals surface area contributed by atoms with E-state index in [1.54, 1.807) is 0 Å². The van der Waals surface area contributed by atoms with Crippen molar-refractivity contribution >= 4 is 93.5 Å². The van der Waals surface area contributed by atoms with Crippen molar-refractivity contribution in [1.82, 2.24) is 10.6 Å². The van der Waals surface area contributed by atoms with Crippen LogP contribution in [-0.2, 0) is 19.2 Å². The SMILES string of the molecule is N[C@@H](CCC(=O)N[C@@H](CS/C(Cl)=C(\Cl)C(Cl)=C(Cl)Cl)C(=O)NCC(=O)O)C(=O)O. The van der Waals surface area contributed by atoms with Crippen LogP contribution in [0.15, 0.2) is 18.9 Å². The van der Waals surface area contributed by atoms with Gasteiger partial charge in [-0.1, -0.05) is 58.0 Å². The summed E-state index contributed by atoms with van der Waals surface area (Å²) in [6.45, 7) is -0.680. The van der Waals surface area contributed by atoms with Crippen LogP contribution in [0.5, 0.6) is 0 Å². The zero-order valence-corrected chi connectivity index (χ0v) is 19.0. The Morgan fingerprint density at radius 1 is 1.00 bits per heavy atom. The molecule has 0 aromatic heterocycles. The number of carbonyl (C=O) groups is 4. The molecule has 0 saturated carbocycles. The van der Waals surface area contributed by atoms with Crippen LogP contribution in [-0.4, -0.2) is 58.3 Å². The van der Waals surface area contributed by atoms with Crippen LogP contribution in [0, 0.1) is 0 Å². The highest BCUT2D eigenvalue weighted by Gasteiger charge is 2.23. The van der Waals surface area contributed by atoms with Crippen LogP contribution < -0.4 is 16.4 Å². The number of carboxylic acid groups (broad SMARTS) is 2. The van der Waals surface area contributed by atoms with Gasteiger partial charge in [-0.2, -0.15) is 0 Å². The summed E-state index contributed by atoms with van der Waals surface area (Å²) in [5.41, 5.74) is 5.32. The Labute approximate surface area is 194 Å². The number of amides is 2. The zero-order chi connectivity index (χ0) is 22.7. The average Bonchev–Trinajstić information content (AvgIpc) is 2.65. The molecule has 9 nitrogen and oxygen atoms in total.